The fraction of sp³-hybridized carbons (Fsp3) is 0.667. The van der Waals surface area contributed by atoms with Gasteiger partial charge in [0.1, 0.15) is 17.2 Å². The van der Waals surface area contributed by atoms with Gasteiger partial charge in [0.25, 0.3) is 5.91 Å². The molecule has 8 heteroatoms. The van der Waals surface area contributed by atoms with Crippen LogP contribution in [0.15, 0.2) is 5.38 Å². The molecule has 0 aromatic carbocycles. The number of amides is 1. The Kier molecular flexibility index (Phi) is 4.33. The molecule has 20 heavy (non-hydrogen) atoms. The normalized spacial score (nSPS) is 17.1. The van der Waals surface area contributed by atoms with Crippen LogP contribution in [0.1, 0.15) is 35.3 Å². The van der Waals surface area contributed by atoms with Crippen molar-refractivity contribution in [3.8, 4) is 0 Å². The van der Waals surface area contributed by atoms with E-state index in [0.29, 0.717) is 5.01 Å². The molecule has 1 aromatic heterocycles. The number of hydrogen-bond acceptors (Lipinski definition) is 4. The van der Waals surface area contributed by atoms with E-state index < -0.39 is 24.7 Å². The topological polar surface area (TPSA) is 59.2 Å². The second-order valence-electron chi connectivity index (χ2n) is 4.96. The van der Waals surface area contributed by atoms with Crippen LogP contribution in [0.4, 0.5) is 13.2 Å². The van der Waals surface area contributed by atoms with Crippen molar-refractivity contribution in [2.75, 3.05) is 6.54 Å². The predicted octanol–water partition coefficient (Wildman–Crippen LogP) is 2.40. The zero-order chi connectivity index (χ0) is 14.9. The Morgan fingerprint density at radius 2 is 2.25 bits per heavy atom. The lowest BCUT2D eigenvalue weighted by Gasteiger charge is -2.29. The molecule has 1 aliphatic carbocycles. The summed E-state index contributed by atoms with van der Waals surface area (Å²) < 4.78 is 38.0. The smallest absolute Gasteiger partial charge is 0.325 e. The summed E-state index contributed by atoms with van der Waals surface area (Å²) in [4.78, 5) is 17.1. The predicted molar refractivity (Wildman–Crippen MR) is 69.3 cm³/mol. The van der Waals surface area contributed by atoms with Crippen molar-refractivity contribution >= 4 is 17.2 Å². The van der Waals surface area contributed by atoms with Crippen LogP contribution < -0.4 is 5.73 Å². The summed E-state index contributed by atoms with van der Waals surface area (Å²) in [7, 11) is 0. The quantitative estimate of drug-likeness (QED) is 0.909. The van der Waals surface area contributed by atoms with Crippen LogP contribution in [0.25, 0.3) is 0 Å². The van der Waals surface area contributed by atoms with Gasteiger partial charge in [0, 0.05) is 18.0 Å². The van der Waals surface area contributed by atoms with Gasteiger partial charge in [-0.25, -0.2) is 4.98 Å². The monoisotopic (exact) mass is 307 g/mol. The molecule has 1 amide bonds. The molecule has 0 aliphatic heterocycles. The highest BCUT2D eigenvalue weighted by Gasteiger charge is 2.41. The summed E-state index contributed by atoms with van der Waals surface area (Å²) in [6.07, 6.45) is -2.67. The van der Waals surface area contributed by atoms with Crippen LogP contribution in [0, 0.1) is 5.92 Å². The van der Waals surface area contributed by atoms with Gasteiger partial charge in [0.05, 0.1) is 0 Å². The van der Waals surface area contributed by atoms with Crippen LogP contribution in [-0.2, 0) is 6.54 Å². The molecule has 112 valence electrons. The van der Waals surface area contributed by atoms with Gasteiger partial charge in [0.15, 0.2) is 0 Å². The molecule has 1 aliphatic rings. The standard InChI is InChI=1S/C12H16F3N3OS/c1-7(8-2-3-8)18(6-12(13,14)15)11(19)9-5-20-10(4-16)17-9/h5,7-8H,2-4,6,16H2,1H3. The molecule has 0 radical (unpaired) electrons. The van der Waals surface area contributed by atoms with Gasteiger partial charge in [-0.1, -0.05) is 0 Å². The van der Waals surface area contributed by atoms with Crippen molar-refractivity contribution in [2.24, 2.45) is 11.7 Å². The van der Waals surface area contributed by atoms with Crippen molar-refractivity contribution in [1.29, 1.82) is 0 Å². The lowest BCUT2D eigenvalue weighted by molar-refractivity contribution is -0.144. The fourth-order valence-corrected chi connectivity index (χ4v) is 2.73. The Morgan fingerprint density at radius 3 is 2.70 bits per heavy atom. The number of rotatable bonds is 5. The van der Waals surface area contributed by atoms with Crippen LogP contribution in [-0.4, -0.2) is 34.6 Å². The number of carbonyl (C=O) groups excluding carboxylic acids is 1. The van der Waals surface area contributed by atoms with E-state index >= 15 is 0 Å². The van der Waals surface area contributed by atoms with E-state index in [1.807, 2.05) is 0 Å². The third-order valence-corrected chi connectivity index (χ3v) is 4.22. The van der Waals surface area contributed by atoms with Crippen molar-refractivity contribution in [1.82, 2.24) is 9.88 Å². The first-order chi connectivity index (χ1) is 9.31. The highest BCUT2D eigenvalue weighted by molar-refractivity contribution is 7.09. The highest BCUT2D eigenvalue weighted by atomic mass is 32.1. The first-order valence-corrected chi connectivity index (χ1v) is 7.22. The van der Waals surface area contributed by atoms with E-state index in [4.69, 9.17) is 5.73 Å². The molecule has 2 rings (SSSR count). The van der Waals surface area contributed by atoms with E-state index in [-0.39, 0.29) is 18.2 Å². The number of nitrogens with zero attached hydrogens (tertiary/aromatic N) is 2. The van der Waals surface area contributed by atoms with E-state index in [1.165, 1.54) is 16.7 Å². The maximum absolute atomic E-state index is 12.7. The Morgan fingerprint density at radius 1 is 1.60 bits per heavy atom. The lowest BCUT2D eigenvalue weighted by Crippen LogP contribution is -2.45. The molecule has 0 bridgehead atoms. The minimum Gasteiger partial charge on any atom is -0.325 e. The summed E-state index contributed by atoms with van der Waals surface area (Å²) in [6, 6.07) is -0.424. The van der Waals surface area contributed by atoms with Crippen LogP contribution in [0.2, 0.25) is 0 Å². The largest absolute Gasteiger partial charge is 0.406 e. The summed E-state index contributed by atoms with van der Waals surface area (Å²) >= 11 is 1.18. The molecule has 1 heterocycles. The van der Waals surface area contributed by atoms with Gasteiger partial charge in [-0.2, -0.15) is 13.2 Å². The second kappa shape index (κ2) is 5.69. The number of alkyl halides is 3. The van der Waals surface area contributed by atoms with Gasteiger partial charge in [-0.3, -0.25) is 4.79 Å². The molecular weight excluding hydrogens is 291 g/mol. The van der Waals surface area contributed by atoms with Crippen molar-refractivity contribution in [3.63, 3.8) is 0 Å². The molecule has 1 fully saturated rings. The van der Waals surface area contributed by atoms with Crippen LogP contribution in [0.5, 0.6) is 0 Å². The van der Waals surface area contributed by atoms with E-state index in [1.54, 1.807) is 6.92 Å². The number of hydrogen-bond donors (Lipinski definition) is 1. The number of thiazole rings is 1. The molecule has 1 unspecified atom stereocenters. The lowest BCUT2D eigenvalue weighted by atomic mass is 10.1. The molecule has 1 atom stereocenters. The van der Waals surface area contributed by atoms with Crippen molar-refractivity contribution in [3.05, 3.63) is 16.1 Å². The maximum atomic E-state index is 12.7. The molecule has 2 N–H and O–H groups in total. The van der Waals surface area contributed by atoms with Gasteiger partial charge in [0.2, 0.25) is 0 Å². The van der Waals surface area contributed by atoms with Crippen molar-refractivity contribution in [2.45, 2.75) is 38.5 Å². The minimum absolute atomic E-state index is 0.0483. The van der Waals surface area contributed by atoms with Gasteiger partial charge >= 0.3 is 6.18 Å². The van der Waals surface area contributed by atoms with E-state index in [0.717, 1.165) is 17.7 Å². The average Bonchev–Trinajstić information content (AvgIpc) is 3.11. The van der Waals surface area contributed by atoms with Crippen molar-refractivity contribution < 1.29 is 18.0 Å². The highest BCUT2D eigenvalue weighted by Crippen LogP contribution is 2.36. The summed E-state index contributed by atoms with van der Waals surface area (Å²) in [5.74, 6) is -0.508. The minimum atomic E-state index is -4.41. The zero-order valence-corrected chi connectivity index (χ0v) is 11.8. The fourth-order valence-electron chi connectivity index (χ4n) is 2.08. The number of aromatic nitrogens is 1. The maximum Gasteiger partial charge on any atom is 0.406 e. The van der Waals surface area contributed by atoms with E-state index in [2.05, 4.69) is 4.98 Å². The van der Waals surface area contributed by atoms with Gasteiger partial charge < -0.3 is 10.6 Å². The third kappa shape index (κ3) is 3.69. The Labute approximate surface area is 118 Å². The molecule has 1 aromatic rings. The first kappa shape index (κ1) is 15.2. The number of carbonyl (C=O) groups is 1. The first-order valence-electron chi connectivity index (χ1n) is 6.34. The number of nitrogens with two attached hydrogens (primary N) is 1. The molecule has 0 spiro atoms. The molecule has 4 nitrogen and oxygen atoms in total. The van der Waals surface area contributed by atoms with Crippen LogP contribution >= 0.6 is 11.3 Å². The molecule has 0 saturated heterocycles. The SMILES string of the molecule is CC(C1CC1)N(CC(F)(F)F)C(=O)c1csc(CN)n1. The Balaban J connectivity index is 2.18. The molecule has 1 saturated carbocycles. The summed E-state index contributed by atoms with van der Waals surface area (Å²) in [5.41, 5.74) is 5.45. The second-order valence-corrected chi connectivity index (χ2v) is 5.90. The summed E-state index contributed by atoms with van der Waals surface area (Å²) in [5, 5.41) is 2.01. The zero-order valence-electron chi connectivity index (χ0n) is 11.0. The van der Waals surface area contributed by atoms with Crippen LogP contribution in [0.3, 0.4) is 0 Å². The molecular formula is C12H16F3N3OS. The van der Waals surface area contributed by atoms with Gasteiger partial charge in [-0.15, -0.1) is 11.3 Å². The Hall–Kier alpha value is -1.15. The average molecular weight is 307 g/mol. The van der Waals surface area contributed by atoms with Gasteiger partial charge in [-0.05, 0) is 25.7 Å². The summed E-state index contributed by atoms with van der Waals surface area (Å²) in [6.45, 7) is 0.603. The van der Waals surface area contributed by atoms with E-state index in [9.17, 15) is 18.0 Å². The number of halogens is 3. The third-order valence-electron chi connectivity index (χ3n) is 3.35. The Bertz CT molecular complexity index is 485.